The number of halogens is 2. The van der Waals surface area contributed by atoms with Gasteiger partial charge in [0.05, 0.1) is 15.6 Å². The number of hydrogen-bond donors (Lipinski definition) is 1. The van der Waals surface area contributed by atoms with Crippen LogP contribution < -0.4 is 9.62 Å². The average Bonchev–Trinajstić information content (AvgIpc) is 2.86. The Bertz CT molecular complexity index is 1440. The predicted octanol–water partition coefficient (Wildman–Crippen LogP) is 5.75. The van der Waals surface area contributed by atoms with Crippen molar-refractivity contribution in [3.05, 3.63) is 93.5 Å². The van der Waals surface area contributed by atoms with Crippen LogP contribution in [0.25, 0.3) is 0 Å². The third-order valence-electron chi connectivity index (χ3n) is 6.10. The second kappa shape index (κ2) is 12.9. The van der Waals surface area contributed by atoms with Crippen LogP contribution in [-0.2, 0) is 26.2 Å². The highest BCUT2D eigenvalue weighted by Crippen LogP contribution is 2.33. The summed E-state index contributed by atoms with van der Waals surface area (Å²) in [5.41, 5.74) is 2.74. The summed E-state index contributed by atoms with van der Waals surface area (Å²) in [5.74, 6) is -0.922. The standard InChI is InChI=1S/C29H33Cl2N3O4S/c1-19(2)32-29(36)22(5)33(17-23-8-6-7-21(4)15-23)28(35)18-34(27-16-24(30)11-14-26(27)31)39(37,38)25-12-9-20(3)10-13-25/h6-16,19,22H,17-18H2,1-5H3,(H,32,36). The maximum Gasteiger partial charge on any atom is 0.264 e. The molecule has 3 aromatic carbocycles. The largest absolute Gasteiger partial charge is 0.352 e. The highest BCUT2D eigenvalue weighted by molar-refractivity contribution is 7.92. The molecule has 0 heterocycles. The van der Waals surface area contributed by atoms with Gasteiger partial charge >= 0.3 is 0 Å². The molecule has 0 aliphatic carbocycles. The molecule has 0 spiro atoms. The number of anilines is 1. The van der Waals surface area contributed by atoms with Crippen LogP contribution in [0, 0.1) is 13.8 Å². The lowest BCUT2D eigenvalue weighted by atomic mass is 10.1. The van der Waals surface area contributed by atoms with Crippen LogP contribution >= 0.6 is 23.2 Å². The first-order chi connectivity index (χ1) is 18.3. The van der Waals surface area contributed by atoms with Crippen LogP contribution in [0.15, 0.2) is 71.6 Å². The lowest BCUT2D eigenvalue weighted by Crippen LogP contribution is -2.52. The maximum atomic E-state index is 13.9. The summed E-state index contributed by atoms with van der Waals surface area (Å²) in [4.78, 5) is 28.3. The van der Waals surface area contributed by atoms with Gasteiger partial charge in [0.2, 0.25) is 11.8 Å². The summed E-state index contributed by atoms with van der Waals surface area (Å²) >= 11 is 12.6. The molecule has 0 fully saturated rings. The average molecular weight is 591 g/mol. The number of nitrogens with one attached hydrogen (secondary N) is 1. The fraction of sp³-hybridized carbons (Fsp3) is 0.310. The van der Waals surface area contributed by atoms with E-state index in [9.17, 15) is 18.0 Å². The Morgan fingerprint density at radius 3 is 2.18 bits per heavy atom. The zero-order valence-electron chi connectivity index (χ0n) is 22.6. The van der Waals surface area contributed by atoms with E-state index in [1.165, 1.54) is 35.2 Å². The Balaban J connectivity index is 2.08. The molecular weight excluding hydrogens is 557 g/mol. The molecule has 0 saturated carbocycles. The van der Waals surface area contributed by atoms with Gasteiger partial charge in [-0.1, -0.05) is 70.7 Å². The van der Waals surface area contributed by atoms with Crippen molar-refractivity contribution in [3.63, 3.8) is 0 Å². The minimum Gasteiger partial charge on any atom is -0.352 e. The van der Waals surface area contributed by atoms with Crippen molar-refractivity contribution in [2.75, 3.05) is 10.8 Å². The van der Waals surface area contributed by atoms with E-state index in [2.05, 4.69) is 5.32 Å². The number of carbonyl (C=O) groups is 2. The summed E-state index contributed by atoms with van der Waals surface area (Å²) in [6.07, 6.45) is 0. The van der Waals surface area contributed by atoms with E-state index in [-0.39, 0.29) is 39.1 Å². The Morgan fingerprint density at radius 2 is 1.56 bits per heavy atom. The van der Waals surface area contributed by atoms with Crippen molar-refractivity contribution in [2.24, 2.45) is 0 Å². The first-order valence-corrected chi connectivity index (χ1v) is 14.7. The molecular formula is C29H33Cl2N3O4S. The van der Waals surface area contributed by atoms with Crippen LogP contribution in [0.2, 0.25) is 10.0 Å². The quantitative estimate of drug-likeness (QED) is 0.326. The van der Waals surface area contributed by atoms with Gasteiger partial charge in [-0.25, -0.2) is 8.42 Å². The summed E-state index contributed by atoms with van der Waals surface area (Å²) in [6.45, 7) is 8.56. The first-order valence-electron chi connectivity index (χ1n) is 12.5. The highest BCUT2D eigenvalue weighted by Gasteiger charge is 2.33. The molecule has 3 rings (SSSR count). The Labute approximate surface area is 240 Å². The summed E-state index contributed by atoms with van der Waals surface area (Å²) in [6, 6.07) is 17.3. The Kier molecular flexibility index (Phi) is 10.0. The van der Waals surface area contributed by atoms with E-state index in [0.29, 0.717) is 0 Å². The van der Waals surface area contributed by atoms with Gasteiger partial charge in [0.25, 0.3) is 10.0 Å². The van der Waals surface area contributed by atoms with Crippen LogP contribution in [0.1, 0.15) is 37.5 Å². The fourth-order valence-corrected chi connectivity index (χ4v) is 5.88. The van der Waals surface area contributed by atoms with Gasteiger partial charge in [-0.2, -0.15) is 0 Å². The van der Waals surface area contributed by atoms with Crippen molar-refractivity contribution in [1.29, 1.82) is 0 Å². The van der Waals surface area contributed by atoms with E-state index >= 15 is 0 Å². The normalized spacial score (nSPS) is 12.2. The summed E-state index contributed by atoms with van der Waals surface area (Å²) < 4.78 is 28.7. The van der Waals surface area contributed by atoms with Gasteiger partial charge in [-0.3, -0.25) is 13.9 Å². The van der Waals surface area contributed by atoms with Crippen LogP contribution in [0.5, 0.6) is 0 Å². The molecule has 1 atom stereocenters. The first kappa shape index (κ1) is 30.5. The Hall–Kier alpha value is -3.07. The third-order valence-corrected chi connectivity index (χ3v) is 8.43. The molecule has 0 aliphatic heterocycles. The molecule has 1 unspecified atom stereocenters. The molecule has 3 aromatic rings. The summed E-state index contributed by atoms with van der Waals surface area (Å²) in [7, 11) is -4.24. The molecule has 208 valence electrons. The number of sulfonamides is 1. The number of rotatable bonds is 10. The van der Waals surface area contributed by atoms with Gasteiger partial charge in [-0.05, 0) is 70.5 Å². The predicted molar refractivity (Wildman–Crippen MR) is 157 cm³/mol. The maximum absolute atomic E-state index is 13.9. The van der Waals surface area contributed by atoms with E-state index < -0.39 is 28.5 Å². The van der Waals surface area contributed by atoms with Gasteiger partial charge in [0.15, 0.2) is 0 Å². The van der Waals surface area contributed by atoms with Crippen LogP contribution in [0.4, 0.5) is 5.69 Å². The molecule has 0 aliphatic rings. The number of carbonyl (C=O) groups excluding carboxylic acids is 2. The van der Waals surface area contributed by atoms with Crippen molar-refractivity contribution in [3.8, 4) is 0 Å². The van der Waals surface area contributed by atoms with E-state index in [0.717, 1.165) is 21.0 Å². The second-order valence-electron chi connectivity index (χ2n) is 9.77. The molecule has 2 amide bonds. The van der Waals surface area contributed by atoms with Crippen molar-refractivity contribution < 1.29 is 18.0 Å². The minimum absolute atomic E-state index is 0.00669. The molecule has 0 radical (unpaired) electrons. The lowest BCUT2D eigenvalue weighted by Gasteiger charge is -2.32. The van der Waals surface area contributed by atoms with Gasteiger partial charge < -0.3 is 10.2 Å². The molecule has 39 heavy (non-hydrogen) atoms. The van der Waals surface area contributed by atoms with Crippen molar-refractivity contribution in [1.82, 2.24) is 10.2 Å². The number of nitrogens with zero attached hydrogens (tertiary/aromatic N) is 2. The molecule has 0 saturated heterocycles. The SMILES string of the molecule is Cc1ccc(S(=O)(=O)N(CC(=O)N(Cc2cccc(C)c2)C(C)C(=O)NC(C)C)c2cc(Cl)ccc2Cl)cc1. The highest BCUT2D eigenvalue weighted by atomic mass is 35.5. The third kappa shape index (κ3) is 7.75. The summed E-state index contributed by atoms with van der Waals surface area (Å²) in [5, 5.41) is 3.20. The van der Waals surface area contributed by atoms with Crippen molar-refractivity contribution in [2.45, 2.75) is 58.1 Å². The number of benzene rings is 3. The van der Waals surface area contributed by atoms with Gasteiger partial charge in [0.1, 0.15) is 12.6 Å². The zero-order chi connectivity index (χ0) is 28.9. The van der Waals surface area contributed by atoms with Gasteiger partial charge in [-0.15, -0.1) is 0 Å². The monoisotopic (exact) mass is 589 g/mol. The van der Waals surface area contributed by atoms with Crippen molar-refractivity contribution >= 4 is 50.7 Å². The number of amides is 2. The number of hydrogen-bond acceptors (Lipinski definition) is 4. The van der Waals surface area contributed by atoms with Gasteiger partial charge in [0, 0.05) is 17.6 Å². The van der Waals surface area contributed by atoms with E-state index in [1.54, 1.807) is 19.1 Å². The van der Waals surface area contributed by atoms with E-state index in [1.807, 2.05) is 52.0 Å². The lowest BCUT2D eigenvalue weighted by molar-refractivity contribution is -0.139. The Morgan fingerprint density at radius 1 is 0.897 bits per heavy atom. The molecule has 0 aromatic heterocycles. The molecule has 10 heteroatoms. The molecule has 1 N–H and O–H groups in total. The number of aryl methyl sites for hydroxylation is 2. The smallest absolute Gasteiger partial charge is 0.264 e. The van der Waals surface area contributed by atoms with Crippen LogP contribution in [-0.4, -0.2) is 43.8 Å². The second-order valence-corrected chi connectivity index (χ2v) is 12.5. The fourth-order valence-electron chi connectivity index (χ4n) is 4.02. The zero-order valence-corrected chi connectivity index (χ0v) is 24.9. The molecule has 7 nitrogen and oxygen atoms in total. The topological polar surface area (TPSA) is 86.8 Å². The van der Waals surface area contributed by atoms with E-state index in [4.69, 9.17) is 23.2 Å². The molecule has 0 bridgehead atoms. The van der Waals surface area contributed by atoms with Crippen LogP contribution in [0.3, 0.4) is 0 Å². The minimum atomic E-state index is -4.24.